The number of hydrogen-bond acceptors (Lipinski definition) is 10. The molecule has 4 aromatic rings. The molecule has 4 atom stereocenters. The van der Waals surface area contributed by atoms with E-state index >= 15 is 0 Å². The summed E-state index contributed by atoms with van der Waals surface area (Å²) < 4.78 is 7.20. The average molecular weight is 559 g/mol. The molecule has 1 fully saturated rings. The quantitative estimate of drug-likeness (QED) is 0.212. The van der Waals surface area contributed by atoms with Gasteiger partial charge in [0.25, 0.3) is 5.91 Å². The first kappa shape index (κ1) is 26.2. The van der Waals surface area contributed by atoms with Crippen LogP contribution in [0, 0.1) is 6.92 Å². The lowest BCUT2D eigenvalue weighted by molar-refractivity contribution is -0.138. The molecule has 5 rings (SSSR count). The van der Waals surface area contributed by atoms with Crippen molar-refractivity contribution in [1.29, 1.82) is 0 Å². The number of aliphatic hydroxyl groups is 2. The van der Waals surface area contributed by atoms with Crippen LogP contribution < -0.4 is 16.2 Å². The van der Waals surface area contributed by atoms with Gasteiger partial charge in [0, 0.05) is 36.6 Å². The highest BCUT2D eigenvalue weighted by Gasteiger charge is 2.47. The molecule has 198 valence electrons. The van der Waals surface area contributed by atoms with Gasteiger partial charge in [0.15, 0.2) is 35.1 Å². The first-order chi connectivity index (χ1) is 18.3. The predicted molar refractivity (Wildman–Crippen MR) is 140 cm³/mol. The monoisotopic (exact) mass is 558 g/mol. The first-order valence-corrected chi connectivity index (χ1v) is 12.3. The van der Waals surface area contributed by atoms with Crippen molar-refractivity contribution in [3.63, 3.8) is 0 Å². The number of aryl methyl sites for hydroxylation is 1. The summed E-state index contributed by atoms with van der Waals surface area (Å²) in [6.07, 6.45) is -0.922. The fourth-order valence-corrected chi connectivity index (χ4v) is 4.57. The van der Waals surface area contributed by atoms with Crippen molar-refractivity contribution in [3.05, 3.63) is 64.2 Å². The lowest BCUT2D eigenvalue weighted by atomic mass is 10.1. The lowest BCUT2D eigenvalue weighted by Crippen LogP contribution is -2.46. The van der Waals surface area contributed by atoms with E-state index in [4.69, 9.17) is 27.9 Å². The minimum Gasteiger partial charge on any atom is -0.387 e. The molecule has 3 aromatic heterocycles. The standard InChI is InChI=1S/C24H24Cl2N8O4/c1-11-3-4-15(26)12(5-11)8-29-21-16-22(32-20(31-21)13-6-14(25)9-28-7-13)34(10-30-16)24-18(36)17(35)19(38-24)23(37)33-27-2/h3-7,9-10,17-19,24,27,35-36H,8H2,1-2H3,(H,33,37)(H,29,31,32)/t17-,18+,19-,24+/m0/s1. The van der Waals surface area contributed by atoms with Gasteiger partial charge in [-0.2, -0.15) is 0 Å². The Morgan fingerprint density at radius 3 is 2.74 bits per heavy atom. The molecule has 0 bridgehead atoms. The number of ether oxygens (including phenoxy) is 1. The average Bonchev–Trinajstić information content (AvgIpc) is 3.45. The van der Waals surface area contributed by atoms with Crippen molar-refractivity contribution in [3.8, 4) is 11.4 Å². The van der Waals surface area contributed by atoms with Gasteiger partial charge < -0.3 is 20.3 Å². The summed E-state index contributed by atoms with van der Waals surface area (Å²) >= 11 is 12.5. The second kappa shape index (κ2) is 10.8. The molecule has 14 heteroatoms. The third-order valence-electron chi connectivity index (χ3n) is 6.05. The van der Waals surface area contributed by atoms with Crippen molar-refractivity contribution in [2.75, 3.05) is 12.4 Å². The van der Waals surface area contributed by atoms with Crippen molar-refractivity contribution < 1.29 is 19.7 Å². The zero-order valence-electron chi connectivity index (χ0n) is 20.3. The topological polar surface area (TPSA) is 159 Å². The van der Waals surface area contributed by atoms with Gasteiger partial charge in [0.1, 0.15) is 12.2 Å². The summed E-state index contributed by atoms with van der Waals surface area (Å²) in [5, 5.41) is 25.5. The number of aliphatic hydroxyl groups excluding tert-OH is 2. The van der Waals surface area contributed by atoms with Gasteiger partial charge in [-0.1, -0.05) is 40.9 Å². The fraction of sp³-hybridized carbons (Fsp3) is 0.292. The normalized spacial score (nSPS) is 21.1. The molecule has 1 aliphatic heterocycles. The molecular weight excluding hydrogens is 535 g/mol. The number of hydrogen-bond donors (Lipinski definition) is 5. The third kappa shape index (κ3) is 5.01. The maximum atomic E-state index is 12.3. The van der Waals surface area contributed by atoms with Crippen LogP contribution in [0.15, 0.2) is 43.0 Å². The van der Waals surface area contributed by atoms with Gasteiger partial charge in [0.05, 0.1) is 11.3 Å². The van der Waals surface area contributed by atoms with Gasteiger partial charge in [-0.05, 0) is 24.6 Å². The van der Waals surface area contributed by atoms with Gasteiger partial charge in [0.2, 0.25) is 0 Å². The van der Waals surface area contributed by atoms with Crippen LogP contribution in [0.5, 0.6) is 0 Å². The largest absolute Gasteiger partial charge is 0.387 e. The van der Waals surface area contributed by atoms with E-state index in [2.05, 4.69) is 36.1 Å². The second-order valence-corrected chi connectivity index (χ2v) is 9.57. The number of aromatic nitrogens is 5. The Morgan fingerprint density at radius 1 is 1.16 bits per heavy atom. The fourth-order valence-electron chi connectivity index (χ4n) is 4.21. The summed E-state index contributed by atoms with van der Waals surface area (Å²) in [5.74, 6) is 0.0343. The maximum absolute atomic E-state index is 12.3. The zero-order chi connectivity index (χ0) is 27.0. The van der Waals surface area contributed by atoms with Gasteiger partial charge in [-0.15, -0.1) is 0 Å². The van der Waals surface area contributed by atoms with E-state index in [1.165, 1.54) is 24.1 Å². The van der Waals surface area contributed by atoms with Crippen LogP contribution in [-0.4, -0.2) is 66.0 Å². The Balaban J connectivity index is 1.57. The number of nitrogens with one attached hydrogen (secondary N) is 3. The summed E-state index contributed by atoms with van der Waals surface area (Å²) in [4.78, 5) is 30.2. The van der Waals surface area contributed by atoms with E-state index in [9.17, 15) is 15.0 Å². The van der Waals surface area contributed by atoms with Crippen LogP contribution in [0.25, 0.3) is 22.6 Å². The number of benzene rings is 1. The number of carbonyl (C=O) groups is 1. The molecule has 1 amide bonds. The molecule has 1 aromatic carbocycles. The van der Waals surface area contributed by atoms with Gasteiger partial charge in [-0.25, -0.2) is 20.4 Å². The molecule has 12 nitrogen and oxygen atoms in total. The highest BCUT2D eigenvalue weighted by atomic mass is 35.5. The number of anilines is 1. The van der Waals surface area contributed by atoms with Crippen molar-refractivity contribution in [2.45, 2.75) is 38.0 Å². The molecule has 0 radical (unpaired) electrons. The van der Waals surface area contributed by atoms with Crippen LogP contribution in [0.3, 0.4) is 0 Å². The Labute approximate surface area is 227 Å². The number of hydrazine groups is 1. The summed E-state index contributed by atoms with van der Waals surface area (Å²) in [5.41, 5.74) is 7.96. The molecule has 38 heavy (non-hydrogen) atoms. The smallest absolute Gasteiger partial charge is 0.266 e. The van der Waals surface area contributed by atoms with Crippen LogP contribution in [-0.2, 0) is 16.1 Å². The Kier molecular flexibility index (Phi) is 7.43. The number of fused-ring (bicyclic) bond motifs is 1. The molecular formula is C24H24Cl2N8O4. The summed E-state index contributed by atoms with van der Waals surface area (Å²) in [7, 11) is 1.50. The molecule has 1 aliphatic rings. The summed E-state index contributed by atoms with van der Waals surface area (Å²) in [6, 6.07) is 7.38. The summed E-state index contributed by atoms with van der Waals surface area (Å²) in [6.45, 7) is 2.32. The molecule has 0 aliphatic carbocycles. The zero-order valence-corrected chi connectivity index (χ0v) is 21.8. The predicted octanol–water partition coefficient (Wildman–Crippen LogP) is 1.99. The Morgan fingerprint density at radius 2 is 1.97 bits per heavy atom. The molecule has 4 heterocycles. The highest BCUT2D eigenvalue weighted by Crippen LogP contribution is 2.34. The number of halogens is 2. The lowest BCUT2D eigenvalue weighted by Gasteiger charge is -2.17. The molecule has 0 spiro atoms. The van der Waals surface area contributed by atoms with Crippen molar-refractivity contribution in [2.24, 2.45) is 0 Å². The SMILES string of the molecule is CNNC(=O)[C@H]1O[C@@H](n2cnc3c(NCc4cc(C)ccc4Cl)nc(-c4cncc(Cl)c4)nc32)[C@H](O)[C@@H]1O. The second-order valence-electron chi connectivity index (χ2n) is 8.73. The minimum absolute atomic E-state index is 0.282. The minimum atomic E-state index is -1.48. The highest BCUT2D eigenvalue weighted by molar-refractivity contribution is 6.31. The Hall–Kier alpha value is -3.39. The van der Waals surface area contributed by atoms with E-state index in [1.807, 2.05) is 25.1 Å². The maximum Gasteiger partial charge on any atom is 0.266 e. The van der Waals surface area contributed by atoms with E-state index in [-0.39, 0.29) is 5.82 Å². The number of imidazole rings is 1. The van der Waals surface area contributed by atoms with Crippen LogP contribution in [0.1, 0.15) is 17.4 Å². The van der Waals surface area contributed by atoms with Gasteiger partial charge in [-0.3, -0.25) is 19.8 Å². The molecule has 0 unspecified atom stereocenters. The van der Waals surface area contributed by atoms with E-state index in [0.717, 1.165) is 11.1 Å². The number of amides is 1. The third-order valence-corrected chi connectivity index (χ3v) is 6.63. The van der Waals surface area contributed by atoms with Crippen molar-refractivity contribution in [1.82, 2.24) is 35.4 Å². The number of pyridine rings is 1. The van der Waals surface area contributed by atoms with Crippen LogP contribution >= 0.6 is 23.2 Å². The van der Waals surface area contributed by atoms with E-state index in [1.54, 1.807) is 12.3 Å². The van der Waals surface area contributed by atoms with Crippen molar-refractivity contribution >= 4 is 46.1 Å². The number of nitrogens with zero attached hydrogens (tertiary/aromatic N) is 5. The van der Waals surface area contributed by atoms with Crippen LogP contribution in [0.2, 0.25) is 10.0 Å². The van der Waals surface area contributed by atoms with E-state index < -0.39 is 30.4 Å². The molecule has 1 saturated heterocycles. The number of rotatable bonds is 7. The molecule has 0 saturated carbocycles. The van der Waals surface area contributed by atoms with Gasteiger partial charge >= 0.3 is 0 Å². The van der Waals surface area contributed by atoms with E-state index in [0.29, 0.717) is 39.1 Å². The van der Waals surface area contributed by atoms with Crippen LogP contribution in [0.4, 0.5) is 5.82 Å². The molecule has 5 N–H and O–H groups in total. The Bertz CT molecular complexity index is 1500. The number of carbonyl (C=O) groups excluding carboxylic acids is 1. The first-order valence-electron chi connectivity index (χ1n) is 11.6.